The molecule has 2 heteroatoms. The van der Waals surface area contributed by atoms with Gasteiger partial charge in [-0.05, 0) is 38.8 Å². The molecule has 0 spiro atoms. The van der Waals surface area contributed by atoms with Crippen LogP contribution < -0.4 is 4.90 Å². The summed E-state index contributed by atoms with van der Waals surface area (Å²) in [5, 5.41) is 0.928. The second-order valence-corrected chi connectivity index (χ2v) is 5.11. The molecule has 0 fully saturated rings. The van der Waals surface area contributed by atoms with E-state index in [9.17, 15) is 0 Å². The predicted octanol–water partition coefficient (Wildman–Crippen LogP) is 4.51. The highest BCUT2D eigenvalue weighted by Crippen LogP contribution is 2.26. The van der Waals surface area contributed by atoms with E-state index in [4.69, 9.17) is 0 Å². The Balaban J connectivity index is 3.07. The Bertz CT molecular complexity index is 334. The molecule has 0 atom stereocenters. The number of benzene rings is 1. The second kappa shape index (κ2) is 6.29. The number of anilines is 1. The van der Waals surface area contributed by atoms with E-state index in [1.807, 2.05) is 0 Å². The number of hydrogen-bond acceptors (Lipinski definition) is 1. The Morgan fingerprint density at radius 3 is 2.50 bits per heavy atom. The van der Waals surface area contributed by atoms with Crippen molar-refractivity contribution in [2.75, 3.05) is 11.4 Å². The molecule has 1 aromatic carbocycles. The molecule has 0 aliphatic rings. The summed E-state index contributed by atoms with van der Waals surface area (Å²) in [5.41, 5.74) is 4.10. The van der Waals surface area contributed by atoms with Crippen LogP contribution in [0.3, 0.4) is 0 Å². The first kappa shape index (κ1) is 13.6. The maximum Gasteiger partial charge on any atom is 0.0409 e. The van der Waals surface area contributed by atoms with Gasteiger partial charge in [-0.15, -0.1) is 0 Å². The first-order chi connectivity index (χ1) is 7.60. The summed E-state index contributed by atoms with van der Waals surface area (Å²) >= 11 is 3.58. The highest BCUT2D eigenvalue weighted by molar-refractivity contribution is 9.08. The largest absolute Gasteiger partial charge is 0.369 e. The van der Waals surface area contributed by atoms with Gasteiger partial charge >= 0.3 is 0 Å². The molecule has 0 amide bonds. The first-order valence-electron chi connectivity index (χ1n) is 6.02. The van der Waals surface area contributed by atoms with Gasteiger partial charge in [0, 0.05) is 23.6 Å². The zero-order valence-electron chi connectivity index (χ0n) is 10.8. The van der Waals surface area contributed by atoms with E-state index >= 15 is 0 Å². The maximum atomic E-state index is 3.58. The summed E-state index contributed by atoms with van der Waals surface area (Å²) in [5.74, 6) is 0. The van der Waals surface area contributed by atoms with Crippen LogP contribution in [0.5, 0.6) is 0 Å². The molecule has 16 heavy (non-hydrogen) atoms. The minimum atomic E-state index is 0.556. The average Bonchev–Trinajstić information content (AvgIpc) is 2.26. The Hall–Kier alpha value is -0.500. The molecule has 90 valence electrons. The summed E-state index contributed by atoms with van der Waals surface area (Å²) in [4.78, 5) is 2.48. The number of aryl methyl sites for hydroxylation is 1. The highest BCUT2D eigenvalue weighted by Gasteiger charge is 2.12. The van der Waals surface area contributed by atoms with Crippen LogP contribution in [-0.2, 0) is 5.33 Å². The second-order valence-electron chi connectivity index (χ2n) is 4.55. The molecule has 1 nitrogen and oxygen atoms in total. The number of rotatable bonds is 5. The molecule has 0 unspecified atom stereocenters. The van der Waals surface area contributed by atoms with Gasteiger partial charge in [0.05, 0.1) is 0 Å². The Kier molecular flexibility index (Phi) is 5.33. The molecular formula is C14H22BrN. The lowest BCUT2D eigenvalue weighted by atomic mass is 10.1. The molecule has 0 heterocycles. The first-order valence-corrected chi connectivity index (χ1v) is 7.14. The SMILES string of the molecule is CCCN(c1ccc(C)cc1CBr)C(C)C. The molecular weight excluding hydrogens is 262 g/mol. The topological polar surface area (TPSA) is 3.24 Å². The number of alkyl halides is 1. The molecule has 0 saturated heterocycles. The van der Waals surface area contributed by atoms with Crippen molar-refractivity contribution in [2.45, 2.75) is 45.5 Å². The van der Waals surface area contributed by atoms with Crippen molar-refractivity contribution in [3.05, 3.63) is 29.3 Å². The number of hydrogen-bond donors (Lipinski definition) is 0. The van der Waals surface area contributed by atoms with Crippen LogP contribution in [0, 0.1) is 6.92 Å². The van der Waals surface area contributed by atoms with Crippen LogP contribution in [0.1, 0.15) is 38.3 Å². The van der Waals surface area contributed by atoms with Crippen molar-refractivity contribution < 1.29 is 0 Å². The Labute approximate surface area is 108 Å². The zero-order valence-corrected chi connectivity index (χ0v) is 12.3. The van der Waals surface area contributed by atoms with Crippen molar-refractivity contribution >= 4 is 21.6 Å². The van der Waals surface area contributed by atoms with Crippen LogP contribution in [0.4, 0.5) is 5.69 Å². The van der Waals surface area contributed by atoms with Crippen LogP contribution in [0.2, 0.25) is 0 Å². The van der Waals surface area contributed by atoms with Gasteiger partial charge in [0.25, 0.3) is 0 Å². The summed E-state index contributed by atoms with van der Waals surface area (Å²) in [7, 11) is 0. The third-order valence-corrected chi connectivity index (χ3v) is 3.38. The smallest absolute Gasteiger partial charge is 0.0409 e. The summed E-state index contributed by atoms with van der Waals surface area (Å²) in [6.07, 6.45) is 1.19. The number of nitrogens with zero attached hydrogens (tertiary/aromatic N) is 1. The molecule has 0 aliphatic carbocycles. The van der Waals surface area contributed by atoms with Crippen molar-refractivity contribution in [3.63, 3.8) is 0 Å². The van der Waals surface area contributed by atoms with E-state index in [0.717, 1.165) is 11.9 Å². The van der Waals surface area contributed by atoms with Crippen molar-refractivity contribution in [2.24, 2.45) is 0 Å². The van der Waals surface area contributed by atoms with E-state index in [1.165, 1.54) is 23.2 Å². The third-order valence-electron chi connectivity index (χ3n) is 2.78. The summed E-state index contributed by atoms with van der Waals surface area (Å²) < 4.78 is 0. The molecule has 1 aromatic rings. The van der Waals surface area contributed by atoms with Gasteiger partial charge < -0.3 is 4.90 Å². The lowest BCUT2D eigenvalue weighted by Crippen LogP contribution is -2.32. The quantitative estimate of drug-likeness (QED) is 0.719. The molecule has 0 saturated carbocycles. The van der Waals surface area contributed by atoms with E-state index < -0.39 is 0 Å². The van der Waals surface area contributed by atoms with Crippen LogP contribution in [0.25, 0.3) is 0 Å². The lowest BCUT2D eigenvalue weighted by molar-refractivity contribution is 0.669. The van der Waals surface area contributed by atoms with E-state index in [2.05, 4.69) is 66.7 Å². The normalized spacial score (nSPS) is 10.9. The summed E-state index contributed by atoms with van der Waals surface area (Å²) in [6.45, 7) is 10.0. The van der Waals surface area contributed by atoms with Gasteiger partial charge in [-0.2, -0.15) is 0 Å². The van der Waals surface area contributed by atoms with Gasteiger partial charge in [0.1, 0.15) is 0 Å². The van der Waals surface area contributed by atoms with E-state index in [0.29, 0.717) is 6.04 Å². The van der Waals surface area contributed by atoms with Crippen LogP contribution >= 0.6 is 15.9 Å². The summed E-state index contributed by atoms with van der Waals surface area (Å²) in [6, 6.07) is 7.28. The van der Waals surface area contributed by atoms with Gasteiger partial charge in [-0.25, -0.2) is 0 Å². The molecule has 0 aliphatic heterocycles. The van der Waals surface area contributed by atoms with Crippen molar-refractivity contribution in [1.29, 1.82) is 0 Å². The van der Waals surface area contributed by atoms with Crippen molar-refractivity contribution in [3.8, 4) is 0 Å². The predicted molar refractivity (Wildman–Crippen MR) is 76.6 cm³/mol. The minimum Gasteiger partial charge on any atom is -0.369 e. The van der Waals surface area contributed by atoms with Gasteiger partial charge in [-0.3, -0.25) is 0 Å². The maximum absolute atomic E-state index is 3.58. The van der Waals surface area contributed by atoms with Crippen LogP contribution in [0.15, 0.2) is 18.2 Å². The molecule has 1 rings (SSSR count). The Morgan fingerprint density at radius 2 is 2.00 bits per heavy atom. The van der Waals surface area contributed by atoms with Crippen molar-refractivity contribution in [1.82, 2.24) is 0 Å². The monoisotopic (exact) mass is 283 g/mol. The highest BCUT2D eigenvalue weighted by atomic mass is 79.9. The van der Waals surface area contributed by atoms with Crippen LogP contribution in [-0.4, -0.2) is 12.6 Å². The fraction of sp³-hybridized carbons (Fsp3) is 0.571. The number of halogens is 1. The van der Waals surface area contributed by atoms with Gasteiger partial charge in [0.15, 0.2) is 0 Å². The fourth-order valence-corrected chi connectivity index (χ4v) is 2.45. The molecule has 0 bridgehead atoms. The molecule has 0 radical (unpaired) electrons. The van der Waals surface area contributed by atoms with Gasteiger partial charge in [-0.1, -0.05) is 40.5 Å². The Morgan fingerprint density at radius 1 is 1.31 bits per heavy atom. The average molecular weight is 284 g/mol. The van der Waals surface area contributed by atoms with E-state index in [1.54, 1.807) is 0 Å². The fourth-order valence-electron chi connectivity index (χ4n) is 2.00. The molecule has 0 N–H and O–H groups in total. The zero-order chi connectivity index (χ0) is 12.1. The molecule has 0 aromatic heterocycles. The standard InChI is InChI=1S/C14H22BrN/c1-5-8-16(11(2)3)14-7-6-12(4)9-13(14)10-15/h6-7,9,11H,5,8,10H2,1-4H3. The lowest BCUT2D eigenvalue weighted by Gasteiger charge is -2.30. The van der Waals surface area contributed by atoms with E-state index in [-0.39, 0.29) is 0 Å². The minimum absolute atomic E-state index is 0.556. The third kappa shape index (κ3) is 3.24. The van der Waals surface area contributed by atoms with Gasteiger partial charge in [0.2, 0.25) is 0 Å².